The summed E-state index contributed by atoms with van der Waals surface area (Å²) in [6, 6.07) is 0. The van der Waals surface area contributed by atoms with E-state index in [1.54, 1.807) is 0 Å². The fourth-order valence-corrected chi connectivity index (χ4v) is 4.81. The zero-order valence-electron chi connectivity index (χ0n) is 13.5. The van der Waals surface area contributed by atoms with Crippen molar-refractivity contribution < 1.29 is 29.9 Å². The second-order valence-corrected chi connectivity index (χ2v) is 7.25. The normalized spacial score (nSPS) is 56.7. The molecule has 6 nitrogen and oxygen atoms in total. The maximum atomic E-state index is 10.1. The molecule has 7 unspecified atom stereocenters. The van der Waals surface area contributed by atoms with Crippen LogP contribution in [0.25, 0.3) is 0 Å². The van der Waals surface area contributed by atoms with Gasteiger partial charge < -0.3 is 29.9 Å². The SMILES string of the molecule is C.CC.C[C@]12CCC(CC13OC1C(O)C(O)C(O)C(O)C1O3)C2. The van der Waals surface area contributed by atoms with Crippen molar-refractivity contribution in [3.05, 3.63) is 0 Å². The third-order valence-electron chi connectivity index (χ3n) is 6.02. The Morgan fingerprint density at radius 2 is 1.30 bits per heavy atom. The summed E-state index contributed by atoms with van der Waals surface area (Å²) in [7, 11) is 0. The van der Waals surface area contributed by atoms with Crippen LogP contribution in [0.2, 0.25) is 0 Å². The summed E-state index contributed by atoms with van der Waals surface area (Å²) in [5.41, 5.74) is -0.107. The Morgan fingerprint density at radius 3 is 1.65 bits per heavy atom. The summed E-state index contributed by atoms with van der Waals surface area (Å²) in [5.74, 6) is -0.221. The van der Waals surface area contributed by atoms with E-state index in [4.69, 9.17) is 9.47 Å². The van der Waals surface area contributed by atoms with E-state index in [1.165, 1.54) is 0 Å². The van der Waals surface area contributed by atoms with Gasteiger partial charge in [0, 0.05) is 11.8 Å². The molecule has 1 aliphatic heterocycles. The molecular formula is C17H32O6. The van der Waals surface area contributed by atoms with Gasteiger partial charge in [-0.15, -0.1) is 0 Å². The van der Waals surface area contributed by atoms with Gasteiger partial charge in [-0.2, -0.15) is 0 Å². The fraction of sp³-hybridized carbons (Fsp3) is 1.00. The number of hydrogen-bond donors (Lipinski definition) is 4. The Kier molecular flexibility index (Phi) is 5.18. The quantitative estimate of drug-likeness (QED) is 0.524. The molecule has 0 aromatic heterocycles. The van der Waals surface area contributed by atoms with Crippen LogP contribution in [0.5, 0.6) is 0 Å². The molecule has 3 saturated carbocycles. The highest BCUT2D eigenvalue weighted by atomic mass is 16.8. The second-order valence-electron chi connectivity index (χ2n) is 7.25. The minimum atomic E-state index is -1.41. The van der Waals surface area contributed by atoms with E-state index in [1.807, 2.05) is 13.8 Å². The first-order valence-corrected chi connectivity index (χ1v) is 8.45. The standard InChI is InChI=1S/C14H22O6.C2H6.CH4/c1-13-3-2-6(4-13)5-14(13)19-11-9(17)7(15)8(16)10(18)12(11)20-14;1-2;/h6-12,15-18H,2-5H2,1H3;1-2H3;1H4/t6?,7?,8?,9?,10?,11?,12?,13-,14?;;/m1../s1. The summed E-state index contributed by atoms with van der Waals surface area (Å²) in [6.07, 6.45) is -2.87. The average molecular weight is 332 g/mol. The van der Waals surface area contributed by atoms with Crippen LogP contribution < -0.4 is 0 Å². The zero-order valence-corrected chi connectivity index (χ0v) is 13.5. The van der Waals surface area contributed by atoms with Crippen molar-refractivity contribution in [2.75, 3.05) is 0 Å². The van der Waals surface area contributed by atoms with Crippen LogP contribution in [0.4, 0.5) is 0 Å². The number of fused-ring (bicyclic) bond motifs is 4. The summed E-state index contributed by atoms with van der Waals surface area (Å²) < 4.78 is 12.1. The molecule has 8 atom stereocenters. The molecule has 2 bridgehead atoms. The van der Waals surface area contributed by atoms with Crippen LogP contribution in [0, 0.1) is 11.3 Å². The lowest BCUT2D eigenvalue weighted by molar-refractivity contribution is -0.246. The van der Waals surface area contributed by atoms with Gasteiger partial charge in [-0.3, -0.25) is 0 Å². The summed E-state index contributed by atoms with van der Waals surface area (Å²) in [6.45, 7) is 6.13. The first-order valence-electron chi connectivity index (χ1n) is 8.45. The van der Waals surface area contributed by atoms with Crippen molar-refractivity contribution in [2.24, 2.45) is 11.3 Å². The van der Waals surface area contributed by atoms with Gasteiger partial charge >= 0.3 is 0 Å². The number of aliphatic hydroxyl groups is 4. The van der Waals surface area contributed by atoms with Crippen molar-refractivity contribution in [1.29, 1.82) is 0 Å². The smallest absolute Gasteiger partial charge is 0.175 e. The van der Waals surface area contributed by atoms with E-state index in [2.05, 4.69) is 6.92 Å². The lowest BCUT2D eigenvalue weighted by Gasteiger charge is -2.40. The van der Waals surface area contributed by atoms with Crippen molar-refractivity contribution >= 4 is 0 Å². The third-order valence-corrected chi connectivity index (χ3v) is 6.02. The third kappa shape index (κ3) is 2.46. The van der Waals surface area contributed by atoms with Crippen LogP contribution in [0.1, 0.15) is 53.9 Å². The molecule has 1 heterocycles. The molecule has 0 aromatic carbocycles. The number of hydrogen-bond acceptors (Lipinski definition) is 6. The van der Waals surface area contributed by atoms with Crippen LogP contribution in [-0.2, 0) is 9.47 Å². The van der Waals surface area contributed by atoms with Gasteiger partial charge in [0.25, 0.3) is 0 Å². The topological polar surface area (TPSA) is 99.4 Å². The van der Waals surface area contributed by atoms with Crippen LogP contribution in [0.3, 0.4) is 0 Å². The first-order chi connectivity index (χ1) is 10.4. The number of aliphatic hydroxyl groups excluding tert-OH is 4. The maximum absolute atomic E-state index is 10.1. The highest BCUT2D eigenvalue weighted by Crippen LogP contribution is 2.64. The molecule has 4 N–H and O–H groups in total. The number of ether oxygens (including phenoxy) is 2. The van der Waals surface area contributed by atoms with E-state index in [0.29, 0.717) is 5.92 Å². The monoisotopic (exact) mass is 332 g/mol. The molecule has 4 fully saturated rings. The average Bonchev–Trinajstić information content (AvgIpc) is 3.16. The zero-order chi connectivity index (χ0) is 16.3. The first kappa shape index (κ1) is 19.1. The molecule has 1 spiro atoms. The molecule has 23 heavy (non-hydrogen) atoms. The van der Waals surface area contributed by atoms with Crippen LogP contribution in [0.15, 0.2) is 0 Å². The Morgan fingerprint density at radius 1 is 0.826 bits per heavy atom. The highest BCUT2D eigenvalue weighted by molar-refractivity contribution is 5.12. The van der Waals surface area contributed by atoms with E-state index in [-0.39, 0.29) is 12.8 Å². The molecule has 136 valence electrons. The number of rotatable bonds is 0. The van der Waals surface area contributed by atoms with Crippen molar-refractivity contribution in [3.63, 3.8) is 0 Å². The van der Waals surface area contributed by atoms with Gasteiger partial charge in [0.05, 0.1) is 0 Å². The molecule has 3 aliphatic carbocycles. The van der Waals surface area contributed by atoms with Gasteiger partial charge in [0.15, 0.2) is 5.79 Å². The van der Waals surface area contributed by atoms with Crippen LogP contribution in [-0.4, -0.2) is 62.8 Å². The fourth-order valence-electron chi connectivity index (χ4n) is 4.81. The van der Waals surface area contributed by atoms with Gasteiger partial charge in [-0.25, -0.2) is 0 Å². The van der Waals surface area contributed by atoms with Gasteiger partial charge in [0.1, 0.15) is 36.6 Å². The molecule has 0 amide bonds. The molecular weight excluding hydrogens is 300 g/mol. The Bertz CT molecular complexity index is 407. The molecule has 0 aromatic rings. The van der Waals surface area contributed by atoms with Gasteiger partial charge in [-0.1, -0.05) is 28.2 Å². The van der Waals surface area contributed by atoms with Crippen molar-refractivity contribution in [1.82, 2.24) is 0 Å². The Balaban J connectivity index is 0.000000617. The summed E-state index contributed by atoms with van der Waals surface area (Å²) >= 11 is 0. The molecule has 1 saturated heterocycles. The van der Waals surface area contributed by atoms with E-state index < -0.39 is 42.4 Å². The van der Waals surface area contributed by atoms with E-state index in [0.717, 1.165) is 25.7 Å². The maximum Gasteiger partial charge on any atom is 0.175 e. The van der Waals surface area contributed by atoms with E-state index in [9.17, 15) is 20.4 Å². The van der Waals surface area contributed by atoms with Crippen molar-refractivity contribution in [2.45, 2.75) is 96.3 Å². The van der Waals surface area contributed by atoms with Crippen molar-refractivity contribution in [3.8, 4) is 0 Å². The summed E-state index contributed by atoms with van der Waals surface area (Å²) in [4.78, 5) is 0. The molecule has 4 aliphatic rings. The summed E-state index contributed by atoms with van der Waals surface area (Å²) in [5, 5.41) is 39.8. The lowest BCUT2D eigenvalue weighted by atomic mass is 9.80. The minimum Gasteiger partial charge on any atom is -0.387 e. The molecule has 0 radical (unpaired) electrons. The molecule has 6 heteroatoms. The second kappa shape index (κ2) is 6.24. The Labute approximate surface area is 138 Å². The largest absolute Gasteiger partial charge is 0.387 e. The molecule has 4 rings (SSSR count). The van der Waals surface area contributed by atoms with Gasteiger partial charge in [-0.05, 0) is 25.2 Å². The van der Waals surface area contributed by atoms with Gasteiger partial charge in [0.2, 0.25) is 0 Å². The predicted molar refractivity (Wildman–Crippen MR) is 84.6 cm³/mol. The van der Waals surface area contributed by atoms with Crippen LogP contribution >= 0.6 is 0 Å². The minimum absolute atomic E-state index is 0. The Hall–Kier alpha value is -0.240. The predicted octanol–water partition coefficient (Wildman–Crippen LogP) is 0.796. The lowest BCUT2D eigenvalue weighted by Crippen LogP contribution is -2.62. The van der Waals surface area contributed by atoms with E-state index >= 15 is 0 Å². The highest BCUT2D eigenvalue weighted by Gasteiger charge is 2.69.